The number of hydrogen-bond donors (Lipinski definition) is 1. The fraction of sp³-hybridized carbons (Fsp3) is 0.364. The van der Waals surface area contributed by atoms with Crippen LogP contribution in [0.5, 0.6) is 0 Å². The highest BCUT2D eigenvalue weighted by Crippen LogP contribution is 2.18. The summed E-state index contributed by atoms with van der Waals surface area (Å²) in [5, 5.41) is 2.89. The van der Waals surface area contributed by atoms with Gasteiger partial charge >= 0.3 is 0 Å². The van der Waals surface area contributed by atoms with Gasteiger partial charge in [-0.15, -0.1) is 0 Å². The Morgan fingerprint density at radius 1 is 1.04 bits per heavy atom. The van der Waals surface area contributed by atoms with Crippen molar-refractivity contribution in [2.45, 2.75) is 32.2 Å². The molecule has 2 aromatic carbocycles. The van der Waals surface area contributed by atoms with Crippen LogP contribution in [-0.2, 0) is 11.2 Å². The quantitative estimate of drug-likeness (QED) is 0.684. The second kappa shape index (κ2) is 9.97. The van der Waals surface area contributed by atoms with E-state index in [1.54, 1.807) is 6.07 Å². The van der Waals surface area contributed by atoms with E-state index in [1.165, 1.54) is 23.8 Å². The van der Waals surface area contributed by atoms with Crippen LogP contribution in [0.1, 0.15) is 47.3 Å². The van der Waals surface area contributed by atoms with Crippen molar-refractivity contribution < 1.29 is 14.0 Å². The molecule has 4 nitrogen and oxygen atoms in total. The minimum atomic E-state index is -0.550. The fourth-order valence-corrected chi connectivity index (χ4v) is 2.92. The van der Waals surface area contributed by atoms with Crippen molar-refractivity contribution >= 4 is 11.7 Å². The zero-order valence-corrected chi connectivity index (χ0v) is 16.2. The van der Waals surface area contributed by atoms with E-state index in [0.717, 1.165) is 12.0 Å². The van der Waals surface area contributed by atoms with Gasteiger partial charge in [-0.05, 0) is 43.8 Å². The molecule has 0 radical (unpaired) electrons. The molecule has 1 atom stereocenters. The Morgan fingerprint density at radius 2 is 1.70 bits per heavy atom. The molecule has 0 aliphatic heterocycles. The number of likely N-dealkylation sites (N-methyl/N-ethyl adjacent to an activating group) is 1. The molecule has 0 bridgehead atoms. The molecule has 0 aliphatic rings. The zero-order chi connectivity index (χ0) is 19.8. The van der Waals surface area contributed by atoms with E-state index in [-0.39, 0.29) is 36.1 Å². The largest absolute Gasteiger partial charge is 0.354 e. The van der Waals surface area contributed by atoms with Crippen molar-refractivity contribution in [1.29, 1.82) is 0 Å². The number of ketones is 1. The first-order chi connectivity index (χ1) is 12.9. The topological polar surface area (TPSA) is 49.4 Å². The molecule has 1 N–H and O–H groups in total. The summed E-state index contributed by atoms with van der Waals surface area (Å²) >= 11 is 0. The molecule has 0 aromatic heterocycles. The van der Waals surface area contributed by atoms with Crippen LogP contribution >= 0.6 is 0 Å². The van der Waals surface area contributed by atoms with Crippen LogP contribution in [0.4, 0.5) is 4.39 Å². The first kappa shape index (κ1) is 20.8. The van der Waals surface area contributed by atoms with Gasteiger partial charge in [0.1, 0.15) is 5.82 Å². The highest BCUT2D eigenvalue weighted by Gasteiger charge is 2.17. The number of halogens is 1. The van der Waals surface area contributed by atoms with Crippen molar-refractivity contribution in [3.05, 3.63) is 71.0 Å². The maximum absolute atomic E-state index is 13.6. The maximum Gasteiger partial charge on any atom is 0.220 e. The third-order valence-corrected chi connectivity index (χ3v) is 4.64. The average Bonchev–Trinajstić information content (AvgIpc) is 2.67. The van der Waals surface area contributed by atoms with Crippen LogP contribution in [0.3, 0.4) is 0 Å². The van der Waals surface area contributed by atoms with Crippen molar-refractivity contribution in [2.24, 2.45) is 0 Å². The number of aryl methyl sites for hydroxylation is 1. The molecule has 5 heteroatoms. The van der Waals surface area contributed by atoms with Gasteiger partial charge in [0.2, 0.25) is 5.91 Å². The van der Waals surface area contributed by atoms with Gasteiger partial charge in [0.05, 0.1) is 11.6 Å². The van der Waals surface area contributed by atoms with E-state index >= 15 is 0 Å². The lowest BCUT2D eigenvalue weighted by Crippen LogP contribution is -2.34. The lowest BCUT2D eigenvalue weighted by atomic mass is 10.0. The summed E-state index contributed by atoms with van der Waals surface area (Å²) in [4.78, 5) is 26.3. The van der Waals surface area contributed by atoms with Gasteiger partial charge in [0.25, 0.3) is 0 Å². The second-order valence-corrected chi connectivity index (χ2v) is 6.78. The molecule has 2 aromatic rings. The molecule has 0 spiro atoms. The standard InChI is InChI=1S/C22H27FN2O2/c1-4-16-9-11-17(12-10-16)20(25(2)3)15-24-22(27)14-13-21(26)18-7-5-6-8-19(18)23/h5-12,20H,4,13-15H2,1-3H3,(H,24,27). The number of rotatable bonds is 9. The van der Waals surface area contributed by atoms with Crippen molar-refractivity contribution in [2.75, 3.05) is 20.6 Å². The first-order valence-corrected chi connectivity index (χ1v) is 9.22. The second-order valence-electron chi connectivity index (χ2n) is 6.78. The minimum Gasteiger partial charge on any atom is -0.354 e. The molecule has 1 unspecified atom stereocenters. The number of amides is 1. The van der Waals surface area contributed by atoms with Gasteiger partial charge in [-0.3, -0.25) is 9.59 Å². The predicted octanol–water partition coefficient (Wildman–Crippen LogP) is 3.77. The molecule has 0 saturated carbocycles. The Balaban J connectivity index is 1.88. The molecular weight excluding hydrogens is 343 g/mol. The SMILES string of the molecule is CCc1ccc(C(CNC(=O)CCC(=O)c2ccccc2F)N(C)C)cc1. The predicted molar refractivity (Wildman–Crippen MR) is 105 cm³/mol. The number of hydrogen-bond acceptors (Lipinski definition) is 3. The van der Waals surface area contributed by atoms with Gasteiger partial charge < -0.3 is 10.2 Å². The summed E-state index contributed by atoms with van der Waals surface area (Å²) in [6.45, 7) is 2.56. The summed E-state index contributed by atoms with van der Waals surface area (Å²) in [5.74, 6) is -1.12. The maximum atomic E-state index is 13.6. The lowest BCUT2D eigenvalue weighted by Gasteiger charge is -2.25. The Kier molecular flexibility index (Phi) is 7.67. The zero-order valence-electron chi connectivity index (χ0n) is 16.2. The summed E-state index contributed by atoms with van der Waals surface area (Å²) in [6.07, 6.45) is 1.02. The highest BCUT2D eigenvalue weighted by atomic mass is 19.1. The number of nitrogens with one attached hydrogen (secondary N) is 1. The van der Waals surface area contributed by atoms with Crippen LogP contribution in [0.15, 0.2) is 48.5 Å². The third-order valence-electron chi connectivity index (χ3n) is 4.64. The molecule has 2 rings (SSSR count). The van der Waals surface area contributed by atoms with Crippen LogP contribution in [-0.4, -0.2) is 37.2 Å². The van der Waals surface area contributed by atoms with Crippen LogP contribution in [0.25, 0.3) is 0 Å². The van der Waals surface area contributed by atoms with Crippen molar-refractivity contribution in [1.82, 2.24) is 10.2 Å². The molecule has 0 saturated heterocycles. The van der Waals surface area contributed by atoms with Crippen molar-refractivity contribution in [3.63, 3.8) is 0 Å². The van der Waals surface area contributed by atoms with Gasteiger partial charge in [0.15, 0.2) is 5.78 Å². The Hall–Kier alpha value is -2.53. The van der Waals surface area contributed by atoms with Crippen LogP contribution in [0, 0.1) is 5.82 Å². The number of benzene rings is 2. The van der Waals surface area contributed by atoms with E-state index in [9.17, 15) is 14.0 Å². The third kappa shape index (κ3) is 6.00. The van der Waals surface area contributed by atoms with E-state index in [2.05, 4.69) is 36.5 Å². The molecule has 0 heterocycles. The van der Waals surface area contributed by atoms with Gasteiger partial charge in [0, 0.05) is 19.4 Å². The molecule has 27 heavy (non-hydrogen) atoms. The number of Topliss-reactive ketones (excluding diaryl/α,β-unsaturated/α-hetero) is 1. The smallest absolute Gasteiger partial charge is 0.220 e. The van der Waals surface area contributed by atoms with Gasteiger partial charge in [-0.1, -0.05) is 43.3 Å². The van der Waals surface area contributed by atoms with E-state index in [4.69, 9.17) is 0 Å². The van der Waals surface area contributed by atoms with E-state index in [0.29, 0.717) is 6.54 Å². The molecule has 0 fully saturated rings. The first-order valence-electron chi connectivity index (χ1n) is 9.22. The summed E-state index contributed by atoms with van der Waals surface area (Å²) < 4.78 is 13.6. The molecule has 144 valence electrons. The number of nitrogens with zero attached hydrogens (tertiary/aromatic N) is 1. The van der Waals surface area contributed by atoms with Crippen LogP contribution < -0.4 is 5.32 Å². The normalized spacial score (nSPS) is 12.0. The van der Waals surface area contributed by atoms with Crippen LogP contribution in [0.2, 0.25) is 0 Å². The number of carbonyl (C=O) groups is 2. The summed E-state index contributed by atoms with van der Waals surface area (Å²) in [7, 11) is 3.93. The van der Waals surface area contributed by atoms with Gasteiger partial charge in [-0.2, -0.15) is 0 Å². The Labute approximate surface area is 160 Å². The number of carbonyl (C=O) groups excluding carboxylic acids is 2. The monoisotopic (exact) mass is 370 g/mol. The van der Waals surface area contributed by atoms with E-state index < -0.39 is 5.82 Å². The highest BCUT2D eigenvalue weighted by molar-refractivity contribution is 5.98. The molecular formula is C22H27FN2O2. The lowest BCUT2D eigenvalue weighted by molar-refractivity contribution is -0.121. The minimum absolute atomic E-state index is 0.00933. The van der Waals surface area contributed by atoms with Crippen molar-refractivity contribution in [3.8, 4) is 0 Å². The van der Waals surface area contributed by atoms with Gasteiger partial charge in [-0.25, -0.2) is 4.39 Å². The molecule has 1 amide bonds. The summed E-state index contributed by atoms with van der Waals surface area (Å²) in [5.41, 5.74) is 2.43. The fourth-order valence-electron chi connectivity index (χ4n) is 2.92. The average molecular weight is 370 g/mol. The van der Waals surface area contributed by atoms with E-state index in [1.807, 2.05) is 19.0 Å². The Morgan fingerprint density at radius 3 is 2.30 bits per heavy atom. The molecule has 0 aliphatic carbocycles. The Bertz CT molecular complexity index is 772. The summed E-state index contributed by atoms with van der Waals surface area (Å²) in [6, 6.07) is 14.2.